The molecule has 0 aromatic carbocycles. The molecule has 0 aliphatic carbocycles. The van der Waals surface area contributed by atoms with E-state index >= 15 is 0 Å². The van der Waals surface area contributed by atoms with E-state index in [0.717, 1.165) is 32.1 Å². The highest BCUT2D eigenvalue weighted by atomic mass is 32.2. The molecule has 2 saturated heterocycles. The van der Waals surface area contributed by atoms with Gasteiger partial charge in [-0.05, 0) is 43.6 Å². The Morgan fingerprint density at radius 1 is 1.33 bits per heavy atom. The van der Waals surface area contributed by atoms with E-state index in [1.807, 2.05) is 0 Å². The lowest BCUT2D eigenvalue weighted by molar-refractivity contribution is 0.343. The van der Waals surface area contributed by atoms with Gasteiger partial charge >= 0.3 is 0 Å². The Balaban J connectivity index is 1.89. The van der Waals surface area contributed by atoms with Gasteiger partial charge in [-0.25, -0.2) is 0 Å². The summed E-state index contributed by atoms with van der Waals surface area (Å²) in [6, 6.07) is 0. The van der Waals surface area contributed by atoms with Gasteiger partial charge in [0.1, 0.15) is 0 Å². The van der Waals surface area contributed by atoms with E-state index in [1.165, 1.54) is 6.42 Å². The second-order valence-corrected chi connectivity index (χ2v) is 6.57. The van der Waals surface area contributed by atoms with E-state index < -0.39 is 10.8 Å². The molecule has 2 aliphatic heterocycles. The standard InChI is InChI=1S/C10H17N3OS/c11-13-12-5-4-8-6-9-2-1-3-10(7-8)15(9)14/h8-10H,1-7H2. The van der Waals surface area contributed by atoms with Gasteiger partial charge in [-0.2, -0.15) is 0 Å². The van der Waals surface area contributed by atoms with E-state index in [2.05, 4.69) is 10.0 Å². The van der Waals surface area contributed by atoms with Crippen LogP contribution in [-0.4, -0.2) is 21.3 Å². The fourth-order valence-corrected chi connectivity index (χ4v) is 5.13. The van der Waals surface area contributed by atoms with Gasteiger partial charge < -0.3 is 0 Å². The van der Waals surface area contributed by atoms with Crippen molar-refractivity contribution in [2.45, 2.75) is 49.0 Å². The molecule has 0 spiro atoms. The largest absolute Gasteiger partial charge is 0.259 e. The van der Waals surface area contributed by atoms with Gasteiger partial charge in [-0.3, -0.25) is 4.21 Å². The van der Waals surface area contributed by atoms with E-state index in [4.69, 9.17) is 5.53 Å². The highest BCUT2D eigenvalue weighted by Crippen LogP contribution is 2.38. The summed E-state index contributed by atoms with van der Waals surface area (Å²) in [5.41, 5.74) is 8.21. The number of fused-ring (bicyclic) bond motifs is 2. The second-order valence-electron chi connectivity index (χ2n) is 4.58. The molecule has 0 saturated carbocycles. The lowest BCUT2D eigenvalue weighted by Crippen LogP contribution is -2.39. The molecule has 2 bridgehead atoms. The topological polar surface area (TPSA) is 65.8 Å². The summed E-state index contributed by atoms with van der Waals surface area (Å²) >= 11 is 0. The van der Waals surface area contributed by atoms with Crippen molar-refractivity contribution >= 4 is 10.8 Å². The summed E-state index contributed by atoms with van der Waals surface area (Å²) in [6.07, 6.45) is 6.69. The van der Waals surface area contributed by atoms with E-state index in [9.17, 15) is 4.21 Å². The Morgan fingerprint density at radius 2 is 2.00 bits per heavy atom. The van der Waals surface area contributed by atoms with Gasteiger partial charge in [0, 0.05) is 32.8 Å². The fourth-order valence-electron chi connectivity index (χ4n) is 2.86. The Labute approximate surface area is 92.5 Å². The zero-order chi connectivity index (χ0) is 10.7. The first-order valence-electron chi connectivity index (χ1n) is 5.71. The maximum absolute atomic E-state index is 11.9. The van der Waals surface area contributed by atoms with Crippen LogP contribution in [0.4, 0.5) is 0 Å². The highest BCUT2D eigenvalue weighted by Gasteiger charge is 2.37. The molecule has 0 N–H and O–H groups in total. The predicted molar refractivity (Wildman–Crippen MR) is 60.9 cm³/mol. The third-order valence-corrected chi connectivity index (χ3v) is 5.77. The molecule has 2 unspecified atom stereocenters. The van der Waals surface area contributed by atoms with E-state index in [0.29, 0.717) is 23.0 Å². The Kier molecular flexibility index (Phi) is 3.65. The lowest BCUT2D eigenvalue weighted by atomic mass is 9.87. The molecular formula is C10H17N3OS. The quantitative estimate of drug-likeness (QED) is 0.415. The molecule has 5 heteroatoms. The number of hydrogen-bond acceptors (Lipinski definition) is 2. The van der Waals surface area contributed by atoms with Crippen LogP contribution in [-0.2, 0) is 10.8 Å². The molecular weight excluding hydrogens is 210 g/mol. The van der Waals surface area contributed by atoms with Crippen LogP contribution >= 0.6 is 0 Å². The van der Waals surface area contributed by atoms with Gasteiger partial charge in [0.05, 0.1) is 0 Å². The average Bonchev–Trinajstić information content (AvgIpc) is 2.19. The zero-order valence-corrected chi connectivity index (χ0v) is 9.66. The monoisotopic (exact) mass is 227 g/mol. The maximum Gasteiger partial charge on any atom is 0.0353 e. The van der Waals surface area contributed by atoms with Crippen molar-refractivity contribution in [1.82, 2.24) is 0 Å². The van der Waals surface area contributed by atoms with Crippen LogP contribution in [0.25, 0.3) is 10.4 Å². The molecule has 0 radical (unpaired) electrons. The van der Waals surface area contributed by atoms with Crippen molar-refractivity contribution in [1.29, 1.82) is 0 Å². The fraction of sp³-hybridized carbons (Fsp3) is 1.00. The highest BCUT2D eigenvalue weighted by molar-refractivity contribution is 7.86. The molecule has 84 valence electrons. The summed E-state index contributed by atoms with van der Waals surface area (Å²) < 4.78 is 11.9. The minimum atomic E-state index is -0.567. The minimum absolute atomic E-state index is 0.438. The average molecular weight is 227 g/mol. The molecule has 2 fully saturated rings. The molecule has 2 rings (SSSR count). The van der Waals surface area contributed by atoms with Crippen molar-refractivity contribution < 1.29 is 4.21 Å². The molecule has 4 nitrogen and oxygen atoms in total. The molecule has 2 atom stereocenters. The van der Waals surface area contributed by atoms with E-state index in [1.54, 1.807) is 0 Å². The molecule has 0 amide bonds. The summed E-state index contributed by atoms with van der Waals surface area (Å²) in [6.45, 7) is 0.604. The third kappa shape index (κ3) is 2.52. The van der Waals surface area contributed by atoms with Gasteiger partial charge in [-0.1, -0.05) is 11.5 Å². The molecule has 2 aliphatic rings. The summed E-state index contributed by atoms with van der Waals surface area (Å²) in [5, 5.41) is 4.46. The van der Waals surface area contributed by atoms with Crippen LogP contribution in [0.3, 0.4) is 0 Å². The Bertz CT molecular complexity index is 285. The number of nitrogens with zero attached hydrogens (tertiary/aromatic N) is 3. The first kappa shape index (κ1) is 11.0. The van der Waals surface area contributed by atoms with Crippen LogP contribution in [0, 0.1) is 5.92 Å². The third-order valence-electron chi connectivity index (χ3n) is 3.60. The van der Waals surface area contributed by atoms with Crippen molar-refractivity contribution in [3.8, 4) is 0 Å². The van der Waals surface area contributed by atoms with Crippen molar-refractivity contribution in [2.24, 2.45) is 11.0 Å². The number of hydrogen-bond donors (Lipinski definition) is 0. The maximum atomic E-state index is 11.9. The smallest absolute Gasteiger partial charge is 0.0353 e. The predicted octanol–water partition coefficient (Wildman–Crippen LogP) is 2.77. The van der Waals surface area contributed by atoms with Crippen molar-refractivity contribution in [3.63, 3.8) is 0 Å². The van der Waals surface area contributed by atoms with Crippen LogP contribution < -0.4 is 0 Å². The van der Waals surface area contributed by atoms with Crippen LogP contribution in [0.5, 0.6) is 0 Å². The SMILES string of the molecule is [N-]=[N+]=NCCC1CC2CCCC(C1)S2=O. The first-order chi connectivity index (χ1) is 7.31. The molecule has 2 heterocycles. The van der Waals surface area contributed by atoms with Crippen LogP contribution in [0.15, 0.2) is 5.11 Å². The number of azide groups is 1. The van der Waals surface area contributed by atoms with Gasteiger partial charge in [0.15, 0.2) is 0 Å². The van der Waals surface area contributed by atoms with E-state index in [-0.39, 0.29) is 0 Å². The van der Waals surface area contributed by atoms with Crippen LogP contribution in [0.2, 0.25) is 0 Å². The van der Waals surface area contributed by atoms with Crippen LogP contribution in [0.1, 0.15) is 38.5 Å². The van der Waals surface area contributed by atoms with Gasteiger partial charge in [0.25, 0.3) is 0 Å². The Morgan fingerprint density at radius 3 is 2.60 bits per heavy atom. The molecule has 0 aromatic rings. The number of rotatable bonds is 3. The zero-order valence-electron chi connectivity index (χ0n) is 8.84. The minimum Gasteiger partial charge on any atom is -0.259 e. The van der Waals surface area contributed by atoms with Gasteiger partial charge in [-0.15, -0.1) is 0 Å². The molecule has 15 heavy (non-hydrogen) atoms. The summed E-state index contributed by atoms with van der Waals surface area (Å²) in [7, 11) is -0.567. The van der Waals surface area contributed by atoms with Crippen molar-refractivity contribution in [3.05, 3.63) is 10.4 Å². The lowest BCUT2D eigenvalue weighted by Gasteiger charge is -2.38. The van der Waals surface area contributed by atoms with Gasteiger partial charge in [0.2, 0.25) is 0 Å². The Hall–Kier alpha value is -0.540. The molecule has 0 aromatic heterocycles. The summed E-state index contributed by atoms with van der Waals surface area (Å²) in [4.78, 5) is 2.77. The summed E-state index contributed by atoms with van der Waals surface area (Å²) in [5.74, 6) is 0.642. The second kappa shape index (κ2) is 4.99. The first-order valence-corrected chi connectivity index (χ1v) is 6.99. The van der Waals surface area contributed by atoms with Crippen molar-refractivity contribution in [2.75, 3.05) is 6.54 Å². The normalized spacial score (nSPS) is 39.5.